The van der Waals surface area contributed by atoms with Crippen LogP contribution in [-0.2, 0) is 0 Å². The number of benzene rings is 1. The maximum absolute atomic E-state index is 13.8. The van der Waals surface area contributed by atoms with E-state index in [2.05, 4.69) is 17.2 Å². The zero-order valence-corrected chi connectivity index (χ0v) is 10.2. The third kappa shape index (κ3) is 3.43. The molecular formula is C15H16FNO. The summed E-state index contributed by atoms with van der Waals surface area (Å²) in [5.41, 5.74) is 2.48. The smallest absolute Gasteiger partial charge is 0.131 e. The van der Waals surface area contributed by atoms with Gasteiger partial charge in [0.05, 0.1) is 0 Å². The second-order valence-corrected chi connectivity index (χ2v) is 4.25. The van der Waals surface area contributed by atoms with Crippen LogP contribution in [0.15, 0.2) is 23.8 Å². The van der Waals surface area contributed by atoms with Gasteiger partial charge in [0.1, 0.15) is 12.4 Å². The molecule has 0 aromatic heterocycles. The first kappa shape index (κ1) is 12.8. The molecule has 0 radical (unpaired) electrons. The van der Waals surface area contributed by atoms with Gasteiger partial charge in [0, 0.05) is 11.1 Å². The largest absolute Gasteiger partial charge is 0.384 e. The van der Waals surface area contributed by atoms with Gasteiger partial charge in [-0.3, -0.25) is 0 Å². The molecule has 0 aliphatic carbocycles. The molecule has 0 saturated carbocycles. The summed E-state index contributed by atoms with van der Waals surface area (Å²) in [5.74, 6) is 4.94. The van der Waals surface area contributed by atoms with Gasteiger partial charge >= 0.3 is 0 Å². The van der Waals surface area contributed by atoms with Crippen molar-refractivity contribution in [2.75, 3.05) is 19.7 Å². The minimum absolute atomic E-state index is 0.208. The molecule has 0 unspecified atom stereocenters. The van der Waals surface area contributed by atoms with Gasteiger partial charge in [-0.25, -0.2) is 4.39 Å². The van der Waals surface area contributed by atoms with Gasteiger partial charge in [-0.15, -0.1) is 0 Å². The molecule has 1 aliphatic rings. The summed E-state index contributed by atoms with van der Waals surface area (Å²) < 4.78 is 13.8. The minimum Gasteiger partial charge on any atom is -0.384 e. The van der Waals surface area contributed by atoms with Crippen molar-refractivity contribution in [1.82, 2.24) is 5.32 Å². The molecule has 3 heteroatoms. The SMILES string of the molecule is OCC#Cc1ccc(C=C2CCNCC2)c(F)c1. The third-order valence-electron chi connectivity index (χ3n) is 2.92. The molecule has 2 nitrogen and oxygen atoms in total. The lowest BCUT2D eigenvalue weighted by Crippen LogP contribution is -2.22. The molecule has 1 aliphatic heterocycles. The molecule has 0 bridgehead atoms. The zero-order valence-electron chi connectivity index (χ0n) is 10.2. The van der Waals surface area contributed by atoms with Crippen LogP contribution in [0.1, 0.15) is 24.0 Å². The van der Waals surface area contributed by atoms with Gasteiger partial charge in [-0.1, -0.05) is 29.6 Å². The average Bonchev–Trinajstić information content (AvgIpc) is 2.40. The summed E-state index contributed by atoms with van der Waals surface area (Å²) in [6.07, 6.45) is 3.89. The van der Waals surface area contributed by atoms with Gasteiger partial charge in [0.15, 0.2) is 0 Å². The summed E-state index contributed by atoms with van der Waals surface area (Å²) in [7, 11) is 0. The summed E-state index contributed by atoms with van der Waals surface area (Å²) in [6, 6.07) is 4.93. The van der Waals surface area contributed by atoms with Gasteiger partial charge in [0.25, 0.3) is 0 Å². The Hall–Kier alpha value is -1.63. The number of halogens is 1. The van der Waals surface area contributed by atoms with Gasteiger partial charge in [-0.2, -0.15) is 0 Å². The highest BCUT2D eigenvalue weighted by molar-refractivity contribution is 5.55. The van der Waals surface area contributed by atoms with E-state index in [9.17, 15) is 4.39 Å². The van der Waals surface area contributed by atoms with E-state index < -0.39 is 0 Å². The number of hydrogen-bond acceptors (Lipinski definition) is 2. The van der Waals surface area contributed by atoms with Crippen molar-refractivity contribution < 1.29 is 9.50 Å². The van der Waals surface area contributed by atoms with Crippen molar-refractivity contribution in [3.8, 4) is 11.8 Å². The Kier molecular flexibility index (Phi) is 4.52. The molecule has 94 valence electrons. The average molecular weight is 245 g/mol. The van der Waals surface area contributed by atoms with E-state index in [1.807, 2.05) is 6.08 Å². The summed E-state index contributed by atoms with van der Waals surface area (Å²) in [5, 5.41) is 11.9. The van der Waals surface area contributed by atoms with Crippen molar-refractivity contribution in [3.63, 3.8) is 0 Å². The normalized spacial score (nSPS) is 14.9. The molecule has 1 aromatic carbocycles. The first-order valence-corrected chi connectivity index (χ1v) is 6.09. The van der Waals surface area contributed by atoms with Gasteiger partial charge < -0.3 is 10.4 Å². The maximum Gasteiger partial charge on any atom is 0.131 e. The molecule has 0 amide bonds. The van der Waals surface area contributed by atoms with E-state index in [4.69, 9.17) is 5.11 Å². The Morgan fingerprint density at radius 3 is 2.78 bits per heavy atom. The lowest BCUT2D eigenvalue weighted by atomic mass is 10.0. The molecule has 2 rings (SSSR count). The monoisotopic (exact) mass is 245 g/mol. The Morgan fingerprint density at radius 2 is 2.11 bits per heavy atom. The van der Waals surface area contributed by atoms with E-state index in [1.54, 1.807) is 12.1 Å². The van der Waals surface area contributed by atoms with Crippen LogP contribution in [-0.4, -0.2) is 24.8 Å². The molecule has 1 heterocycles. The summed E-state index contributed by atoms with van der Waals surface area (Å²) >= 11 is 0. The molecular weight excluding hydrogens is 229 g/mol. The van der Waals surface area contributed by atoms with Crippen molar-refractivity contribution in [1.29, 1.82) is 0 Å². The lowest BCUT2D eigenvalue weighted by molar-refractivity contribution is 0.350. The Bertz CT molecular complexity index is 503. The van der Waals surface area contributed by atoms with E-state index in [0.29, 0.717) is 11.1 Å². The second kappa shape index (κ2) is 6.34. The van der Waals surface area contributed by atoms with Crippen molar-refractivity contribution >= 4 is 6.08 Å². The fourth-order valence-corrected chi connectivity index (χ4v) is 1.98. The lowest BCUT2D eigenvalue weighted by Gasteiger charge is -2.15. The Labute approximate surface area is 107 Å². The quantitative estimate of drug-likeness (QED) is 0.741. The molecule has 1 saturated heterocycles. The van der Waals surface area contributed by atoms with Crippen LogP contribution in [0.4, 0.5) is 4.39 Å². The Balaban J connectivity index is 2.19. The number of aliphatic hydroxyl groups excluding tert-OH is 1. The van der Waals surface area contributed by atoms with Crippen LogP contribution < -0.4 is 5.32 Å². The van der Waals surface area contributed by atoms with Gasteiger partial charge in [0.2, 0.25) is 0 Å². The molecule has 0 atom stereocenters. The van der Waals surface area contributed by atoms with Crippen molar-refractivity contribution in [2.24, 2.45) is 0 Å². The molecule has 1 fully saturated rings. The van der Waals surface area contributed by atoms with Gasteiger partial charge in [-0.05, 0) is 38.1 Å². The molecule has 1 aromatic rings. The highest BCUT2D eigenvalue weighted by Gasteiger charge is 2.06. The van der Waals surface area contributed by atoms with Crippen LogP contribution >= 0.6 is 0 Å². The number of nitrogens with one attached hydrogen (secondary N) is 1. The number of piperidine rings is 1. The maximum atomic E-state index is 13.8. The van der Waals surface area contributed by atoms with E-state index in [0.717, 1.165) is 25.9 Å². The summed E-state index contributed by atoms with van der Waals surface area (Å²) in [6.45, 7) is 1.72. The van der Waals surface area contributed by atoms with E-state index in [1.165, 1.54) is 11.6 Å². The number of aliphatic hydroxyl groups is 1. The fraction of sp³-hybridized carbons (Fsp3) is 0.333. The second-order valence-electron chi connectivity index (χ2n) is 4.25. The predicted molar refractivity (Wildman–Crippen MR) is 70.4 cm³/mol. The van der Waals surface area contributed by atoms with Crippen LogP contribution in [0, 0.1) is 17.7 Å². The summed E-state index contributed by atoms with van der Waals surface area (Å²) in [4.78, 5) is 0. The molecule has 18 heavy (non-hydrogen) atoms. The first-order valence-electron chi connectivity index (χ1n) is 6.09. The fourth-order valence-electron chi connectivity index (χ4n) is 1.98. The first-order chi connectivity index (χ1) is 8.79. The topological polar surface area (TPSA) is 32.3 Å². The van der Waals surface area contributed by atoms with Crippen molar-refractivity contribution in [3.05, 3.63) is 40.7 Å². The zero-order chi connectivity index (χ0) is 12.8. The third-order valence-corrected chi connectivity index (χ3v) is 2.92. The molecule has 2 N–H and O–H groups in total. The highest BCUT2D eigenvalue weighted by Crippen LogP contribution is 2.18. The van der Waals surface area contributed by atoms with Crippen LogP contribution in [0.3, 0.4) is 0 Å². The van der Waals surface area contributed by atoms with Crippen LogP contribution in [0.2, 0.25) is 0 Å². The molecule has 0 spiro atoms. The minimum atomic E-state index is -0.259. The van der Waals surface area contributed by atoms with Crippen LogP contribution in [0.5, 0.6) is 0 Å². The standard InChI is InChI=1S/C15H16FNO/c16-15-11-12(2-1-9-18)3-4-14(15)10-13-5-7-17-8-6-13/h3-4,10-11,17-18H,5-9H2. The van der Waals surface area contributed by atoms with E-state index >= 15 is 0 Å². The van der Waals surface area contributed by atoms with Crippen LogP contribution in [0.25, 0.3) is 6.08 Å². The predicted octanol–water partition coefficient (Wildman–Crippen LogP) is 1.94. The van der Waals surface area contributed by atoms with E-state index in [-0.39, 0.29) is 12.4 Å². The number of hydrogen-bond donors (Lipinski definition) is 2. The Morgan fingerprint density at radius 1 is 1.33 bits per heavy atom. The number of rotatable bonds is 1. The van der Waals surface area contributed by atoms with Crippen molar-refractivity contribution in [2.45, 2.75) is 12.8 Å². The highest BCUT2D eigenvalue weighted by atomic mass is 19.1.